The Bertz CT molecular complexity index is 647. The highest BCUT2D eigenvalue weighted by molar-refractivity contribution is 7.99. The third kappa shape index (κ3) is 3.64. The van der Waals surface area contributed by atoms with Crippen molar-refractivity contribution >= 4 is 17.7 Å². The molecule has 0 saturated carbocycles. The Balaban J connectivity index is 2.52. The van der Waals surface area contributed by atoms with E-state index >= 15 is 0 Å². The molecular formula is C15H17FN2O2S. The number of carboxylic acids is 1. The van der Waals surface area contributed by atoms with Crippen molar-refractivity contribution in [2.24, 2.45) is 0 Å². The number of benzene rings is 1. The van der Waals surface area contributed by atoms with Gasteiger partial charge in [0.2, 0.25) is 0 Å². The molecule has 21 heavy (non-hydrogen) atoms. The summed E-state index contributed by atoms with van der Waals surface area (Å²) in [4.78, 5) is 15.0. The molecule has 4 nitrogen and oxygen atoms in total. The van der Waals surface area contributed by atoms with Gasteiger partial charge < -0.3 is 5.11 Å². The fraction of sp³-hybridized carbons (Fsp3) is 0.333. The number of aryl methyl sites for hydroxylation is 1. The number of hydrogen-bond donors (Lipinski definition) is 1. The van der Waals surface area contributed by atoms with Gasteiger partial charge >= 0.3 is 5.97 Å². The number of carboxylic acid groups (broad SMARTS) is 1. The smallest absolute Gasteiger partial charge is 0.313 e. The van der Waals surface area contributed by atoms with Crippen LogP contribution in [0.5, 0.6) is 0 Å². The standard InChI is InChI=1S/C15H17FN2O2S/c1-9(2)13-7-17-15(21-8-14(19)20)18(13)12-5-10(3)4-11(16)6-12/h4-7,9H,8H2,1-3H3,(H,19,20). The Hall–Kier alpha value is -1.82. The van der Waals surface area contributed by atoms with Crippen molar-refractivity contribution in [3.05, 3.63) is 41.5 Å². The van der Waals surface area contributed by atoms with Crippen LogP contribution in [0.15, 0.2) is 29.6 Å². The first-order valence-electron chi connectivity index (χ1n) is 6.58. The van der Waals surface area contributed by atoms with E-state index in [1.807, 2.05) is 31.4 Å². The molecule has 2 rings (SSSR count). The maximum Gasteiger partial charge on any atom is 0.313 e. The molecule has 1 aromatic carbocycles. The third-order valence-electron chi connectivity index (χ3n) is 2.96. The number of nitrogens with zero attached hydrogens (tertiary/aromatic N) is 2. The number of aromatic nitrogens is 2. The lowest BCUT2D eigenvalue weighted by molar-refractivity contribution is -0.133. The van der Waals surface area contributed by atoms with E-state index in [1.54, 1.807) is 6.20 Å². The summed E-state index contributed by atoms with van der Waals surface area (Å²) in [6.45, 7) is 5.86. The Kier molecular flexibility index (Phi) is 4.67. The summed E-state index contributed by atoms with van der Waals surface area (Å²) in [7, 11) is 0. The summed E-state index contributed by atoms with van der Waals surface area (Å²) in [5.74, 6) is -1.11. The van der Waals surface area contributed by atoms with Crippen molar-refractivity contribution in [2.75, 3.05) is 5.75 Å². The molecule has 0 bridgehead atoms. The summed E-state index contributed by atoms with van der Waals surface area (Å²) in [5.41, 5.74) is 2.40. The lowest BCUT2D eigenvalue weighted by Gasteiger charge is -2.14. The van der Waals surface area contributed by atoms with Crippen LogP contribution in [-0.4, -0.2) is 26.4 Å². The average Bonchev–Trinajstić information content (AvgIpc) is 2.78. The van der Waals surface area contributed by atoms with Crippen molar-refractivity contribution < 1.29 is 14.3 Å². The molecule has 0 aliphatic heterocycles. The van der Waals surface area contributed by atoms with Gasteiger partial charge in [-0.15, -0.1) is 0 Å². The van der Waals surface area contributed by atoms with Gasteiger partial charge in [0, 0.05) is 5.69 Å². The van der Waals surface area contributed by atoms with Crippen LogP contribution in [0, 0.1) is 12.7 Å². The monoisotopic (exact) mass is 308 g/mol. The Labute approximate surface area is 127 Å². The van der Waals surface area contributed by atoms with Crippen molar-refractivity contribution in [3.8, 4) is 5.69 Å². The van der Waals surface area contributed by atoms with Gasteiger partial charge in [-0.05, 0) is 36.6 Å². The summed E-state index contributed by atoms with van der Waals surface area (Å²) in [6.07, 6.45) is 1.72. The number of hydrogen-bond acceptors (Lipinski definition) is 3. The molecule has 0 atom stereocenters. The summed E-state index contributed by atoms with van der Waals surface area (Å²) >= 11 is 1.13. The first-order chi connectivity index (χ1) is 9.88. The molecule has 0 aliphatic rings. The van der Waals surface area contributed by atoms with Gasteiger partial charge in [0.15, 0.2) is 5.16 Å². The number of rotatable bonds is 5. The van der Waals surface area contributed by atoms with Crippen molar-refractivity contribution in [3.63, 3.8) is 0 Å². The Morgan fingerprint density at radius 1 is 1.43 bits per heavy atom. The number of aliphatic carboxylic acids is 1. The van der Waals surface area contributed by atoms with Crippen LogP contribution in [0.1, 0.15) is 31.0 Å². The predicted octanol–water partition coefficient (Wildman–Crippen LogP) is 3.62. The predicted molar refractivity (Wildman–Crippen MR) is 80.7 cm³/mol. The molecule has 0 saturated heterocycles. The molecule has 0 spiro atoms. The van der Waals surface area contributed by atoms with Crippen molar-refractivity contribution in [1.29, 1.82) is 0 Å². The molecule has 2 aromatic rings. The van der Waals surface area contributed by atoms with E-state index < -0.39 is 5.97 Å². The number of imidazole rings is 1. The van der Waals surface area contributed by atoms with E-state index in [0.29, 0.717) is 10.8 Å². The van der Waals surface area contributed by atoms with E-state index in [9.17, 15) is 9.18 Å². The van der Waals surface area contributed by atoms with Gasteiger partial charge in [-0.1, -0.05) is 25.6 Å². The fourth-order valence-corrected chi connectivity index (χ4v) is 2.81. The van der Waals surface area contributed by atoms with Crippen LogP contribution in [0.25, 0.3) is 5.69 Å². The minimum Gasteiger partial charge on any atom is -0.481 e. The zero-order chi connectivity index (χ0) is 15.6. The minimum atomic E-state index is -0.906. The van der Waals surface area contributed by atoms with Crippen LogP contribution < -0.4 is 0 Å². The second kappa shape index (κ2) is 6.30. The zero-order valence-electron chi connectivity index (χ0n) is 12.1. The maximum atomic E-state index is 13.7. The van der Waals surface area contributed by atoms with Crippen LogP contribution in [0.2, 0.25) is 0 Å². The Morgan fingerprint density at radius 3 is 2.71 bits per heavy atom. The molecule has 0 fully saturated rings. The van der Waals surface area contributed by atoms with Crippen molar-refractivity contribution in [1.82, 2.24) is 9.55 Å². The fourth-order valence-electron chi connectivity index (χ4n) is 2.09. The van der Waals surface area contributed by atoms with Gasteiger partial charge in [-0.3, -0.25) is 9.36 Å². The lowest BCUT2D eigenvalue weighted by atomic mass is 10.1. The first kappa shape index (κ1) is 15.6. The van der Waals surface area contributed by atoms with Gasteiger partial charge in [0.25, 0.3) is 0 Å². The first-order valence-corrected chi connectivity index (χ1v) is 7.57. The molecule has 1 aromatic heterocycles. The molecule has 0 amide bonds. The van der Waals surface area contributed by atoms with Crippen molar-refractivity contribution in [2.45, 2.75) is 31.8 Å². The van der Waals surface area contributed by atoms with E-state index in [2.05, 4.69) is 4.98 Å². The SMILES string of the molecule is Cc1cc(F)cc(-n2c(C(C)C)cnc2SCC(=O)O)c1. The molecule has 0 aliphatic carbocycles. The van der Waals surface area contributed by atoms with Gasteiger partial charge in [0.1, 0.15) is 5.82 Å². The van der Waals surface area contributed by atoms with Crippen LogP contribution in [-0.2, 0) is 4.79 Å². The van der Waals surface area contributed by atoms with Crippen LogP contribution in [0.3, 0.4) is 0 Å². The molecule has 0 unspecified atom stereocenters. The minimum absolute atomic E-state index is 0.0805. The quantitative estimate of drug-likeness (QED) is 0.857. The zero-order valence-corrected chi connectivity index (χ0v) is 12.9. The van der Waals surface area contributed by atoms with Gasteiger partial charge in [0.05, 0.1) is 17.6 Å². The van der Waals surface area contributed by atoms with Crippen LogP contribution in [0.4, 0.5) is 4.39 Å². The second-order valence-corrected chi connectivity index (χ2v) is 6.07. The van der Waals surface area contributed by atoms with E-state index in [-0.39, 0.29) is 17.5 Å². The highest BCUT2D eigenvalue weighted by Crippen LogP contribution is 2.28. The van der Waals surface area contributed by atoms with Gasteiger partial charge in [-0.2, -0.15) is 0 Å². The topological polar surface area (TPSA) is 55.1 Å². The number of thioether (sulfide) groups is 1. The lowest BCUT2D eigenvalue weighted by Crippen LogP contribution is -2.06. The Morgan fingerprint density at radius 2 is 2.14 bits per heavy atom. The summed E-state index contributed by atoms with van der Waals surface area (Å²) in [5, 5.41) is 9.38. The third-order valence-corrected chi connectivity index (χ3v) is 3.90. The highest BCUT2D eigenvalue weighted by atomic mass is 32.2. The molecule has 1 N–H and O–H groups in total. The average molecular weight is 308 g/mol. The molecular weight excluding hydrogens is 291 g/mol. The molecule has 0 radical (unpaired) electrons. The highest BCUT2D eigenvalue weighted by Gasteiger charge is 2.16. The maximum absolute atomic E-state index is 13.7. The van der Waals surface area contributed by atoms with E-state index in [4.69, 9.17) is 5.11 Å². The van der Waals surface area contributed by atoms with E-state index in [1.165, 1.54) is 12.1 Å². The summed E-state index contributed by atoms with van der Waals surface area (Å²) < 4.78 is 15.5. The molecule has 6 heteroatoms. The normalized spacial score (nSPS) is 11.1. The number of carbonyl (C=O) groups is 1. The largest absolute Gasteiger partial charge is 0.481 e. The van der Waals surface area contributed by atoms with E-state index in [0.717, 1.165) is 23.0 Å². The van der Waals surface area contributed by atoms with Crippen LogP contribution >= 0.6 is 11.8 Å². The van der Waals surface area contributed by atoms with Gasteiger partial charge in [-0.25, -0.2) is 9.37 Å². The molecule has 112 valence electrons. The second-order valence-electron chi connectivity index (χ2n) is 5.12. The summed E-state index contributed by atoms with van der Waals surface area (Å²) in [6, 6.07) is 4.76. The molecule has 1 heterocycles. The number of halogens is 1.